The molecule has 296 valence electrons. The number of rotatable bonds is 7. The van der Waals surface area contributed by atoms with Crippen LogP contribution in [0.15, 0.2) is 224 Å². The fourth-order valence-electron chi connectivity index (χ4n) is 9.30. The molecule has 5 heteroatoms. The van der Waals surface area contributed by atoms with Crippen molar-refractivity contribution in [3.05, 3.63) is 247 Å². The lowest BCUT2D eigenvalue weighted by molar-refractivity contribution is 0.359. The van der Waals surface area contributed by atoms with Crippen molar-refractivity contribution in [2.24, 2.45) is 0 Å². The molecule has 0 atom stereocenters. The van der Waals surface area contributed by atoms with Crippen molar-refractivity contribution in [2.75, 3.05) is 0 Å². The minimum absolute atomic E-state index is 0.537. The summed E-state index contributed by atoms with van der Waals surface area (Å²) >= 11 is 0. The van der Waals surface area contributed by atoms with Crippen molar-refractivity contribution < 1.29 is 9.47 Å². The van der Waals surface area contributed by atoms with Crippen molar-refractivity contribution in [2.45, 2.75) is 5.41 Å². The summed E-state index contributed by atoms with van der Waals surface area (Å²) in [6.45, 7) is 0. The van der Waals surface area contributed by atoms with Crippen molar-refractivity contribution in [3.8, 4) is 90.5 Å². The van der Waals surface area contributed by atoms with E-state index in [1.807, 2.05) is 42.5 Å². The van der Waals surface area contributed by atoms with Crippen LogP contribution in [0, 0.1) is 0 Å². The maximum atomic E-state index is 6.81. The standard InChI is InChI=1S/C58H37N3O2/c1-5-15-38(16-6-1)39-25-29-42(30-26-39)56-59-55(41-17-7-2-8-18-41)60-57(61-56)43-31-27-40(28-32-43)44-33-34-51-52(35-44)63-54-37-50-48(36-53(54)62-51)47-23-13-14-24-49(47)58(50,45-19-9-3-10-20-45)46-21-11-4-12-22-46/h1-37H. The van der Waals surface area contributed by atoms with Crippen LogP contribution in [0.2, 0.25) is 0 Å². The minimum Gasteiger partial charge on any atom is -0.449 e. The molecule has 63 heavy (non-hydrogen) atoms. The Bertz CT molecular complexity index is 3260. The Morgan fingerprint density at radius 1 is 0.270 bits per heavy atom. The number of aromatic nitrogens is 3. The normalized spacial score (nSPS) is 12.8. The van der Waals surface area contributed by atoms with Crippen molar-refractivity contribution in [1.82, 2.24) is 15.0 Å². The summed E-state index contributed by atoms with van der Waals surface area (Å²) in [5.41, 5.74) is 13.7. The van der Waals surface area contributed by atoms with Gasteiger partial charge in [-0.25, -0.2) is 15.0 Å². The van der Waals surface area contributed by atoms with Crippen LogP contribution in [0.5, 0.6) is 23.0 Å². The van der Waals surface area contributed by atoms with Crippen LogP contribution in [0.3, 0.4) is 0 Å². The first-order valence-electron chi connectivity index (χ1n) is 21.2. The molecule has 10 aromatic rings. The van der Waals surface area contributed by atoms with Crippen molar-refractivity contribution in [1.29, 1.82) is 0 Å². The molecule has 0 N–H and O–H groups in total. The topological polar surface area (TPSA) is 57.1 Å². The zero-order valence-electron chi connectivity index (χ0n) is 34.0. The van der Waals surface area contributed by atoms with Gasteiger partial charge in [0.15, 0.2) is 40.5 Å². The third-order valence-corrected chi connectivity index (χ3v) is 12.3. The lowest BCUT2D eigenvalue weighted by atomic mass is 9.67. The molecule has 1 aliphatic carbocycles. The van der Waals surface area contributed by atoms with Gasteiger partial charge in [0.25, 0.3) is 0 Å². The fourth-order valence-corrected chi connectivity index (χ4v) is 9.30. The van der Waals surface area contributed by atoms with Gasteiger partial charge in [-0.05, 0) is 79.9 Å². The third kappa shape index (κ3) is 6.21. The van der Waals surface area contributed by atoms with Crippen LogP contribution in [0.1, 0.15) is 22.3 Å². The van der Waals surface area contributed by atoms with Crippen molar-refractivity contribution >= 4 is 0 Å². The van der Waals surface area contributed by atoms with E-state index in [2.05, 4.69) is 182 Å². The lowest BCUT2D eigenvalue weighted by Crippen LogP contribution is -2.28. The number of nitrogens with zero attached hydrogens (tertiary/aromatic N) is 3. The van der Waals surface area contributed by atoms with Gasteiger partial charge in [-0.1, -0.05) is 200 Å². The third-order valence-electron chi connectivity index (χ3n) is 12.3. The van der Waals surface area contributed by atoms with Crippen LogP contribution >= 0.6 is 0 Å². The summed E-state index contributed by atoms with van der Waals surface area (Å²) in [6, 6.07) is 77.9. The summed E-state index contributed by atoms with van der Waals surface area (Å²) in [4.78, 5) is 14.9. The van der Waals surface area contributed by atoms with Crippen LogP contribution in [-0.4, -0.2) is 15.0 Å². The van der Waals surface area contributed by atoms with E-state index in [0.717, 1.165) is 44.5 Å². The van der Waals surface area contributed by atoms with Gasteiger partial charge >= 0.3 is 0 Å². The molecule has 2 aliphatic rings. The molecule has 0 unspecified atom stereocenters. The summed E-state index contributed by atoms with van der Waals surface area (Å²) < 4.78 is 13.5. The number of benzene rings is 9. The first-order valence-corrected chi connectivity index (χ1v) is 21.2. The molecular formula is C58H37N3O2. The highest BCUT2D eigenvalue weighted by atomic mass is 16.6. The molecule has 1 aliphatic heterocycles. The molecule has 12 rings (SSSR count). The second kappa shape index (κ2) is 14.9. The molecular weight excluding hydrogens is 771 g/mol. The van der Waals surface area contributed by atoms with Gasteiger partial charge in [0.2, 0.25) is 0 Å². The molecule has 2 heterocycles. The quantitative estimate of drug-likeness (QED) is 0.161. The molecule has 9 aromatic carbocycles. The Labute approximate surface area is 365 Å². The van der Waals surface area contributed by atoms with Crippen LogP contribution in [0.25, 0.3) is 67.5 Å². The second-order valence-electron chi connectivity index (χ2n) is 15.9. The summed E-state index contributed by atoms with van der Waals surface area (Å²) in [6.07, 6.45) is 0. The molecule has 0 bridgehead atoms. The lowest BCUT2D eigenvalue weighted by Gasteiger charge is -2.34. The summed E-state index contributed by atoms with van der Waals surface area (Å²) in [7, 11) is 0. The average Bonchev–Trinajstić information content (AvgIpc) is 3.65. The maximum Gasteiger partial charge on any atom is 0.170 e. The molecule has 0 radical (unpaired) electrons. The van der Waals surface area contributed by atoms with E-state index in [-0.39, 0.29) is 0 Å². The average molecular weight is 808 g/mol. The van der Waals surface area contributed by atoms with Gasteiger partial charge in [0.05, 0.1) is 5.41 Å². The predicted molar refractivity (Wildman–Crippen MR) is 251 cm³/mol. The Morgan fingerprint density at radius 3 is 1.25 bits per heavy atom. The number of fused-ring (bicyclic) bond motifs is 5. The highest BCUT2D eigenvalue weighted by molar-refractivity contribution is 5.88. The minimum atomic E-state index is -0.537. The van der Waals surface area contributed by atoms with Gasteiger partial charge in [-0.3, -0.25) is 0 Å². The molecule has 0 fully saturated rings. The molecule has 0 spiro atoms. The number of ether oxygens (including phenoxy) is 2. The van der Waals surface area contributed by atoms with Gasteiger partial charge in [-0.15, -0.1) is 0 Å². The van der Waals surface area contributed by atoms with E-state index in [1.165, 1.54) is 27.8 Å². The van der Waals surface area contributed by atoms with Gasteiger partial charge in [0, 0.05) is 16.7 Å². The van der Waals surface area contributed by atoms with E-state index in [4.69, 9.17) is 24.4 Å². The van der Waals surface area contributed by atoms with E-state index < -0.39 is 5.41 Å². The smallest absolute Gasteiger partial charge is 0.170 e. The molecule has 0 saturated heterocycles. The van der Waals surface area contributed by atoms with E-state index in [1.54, 1.807) is 0 Å². The first kappa shape index (κ1) is 36.4. The number of hydrogen-bond acceptors (Lipinski definition) is 5. The van der Waals surface area contributed by atoms with Gasteiger partial charge in [0.1, 0.15) is 0 Å². The zero-order chi connectivity index (χ0) is 41.7. The van der Waals surface area contributed by atoms with E-state index >= 15 is 0 Å². The van der Waals surface area contributed by atoms with Crippen LogP contribution in [0.4, 0.5) is 0 Å². The molecule has 5 nitrogen and oxygen atoms in total. The van der Waals surface area contributed by atoms with Crippen LogP contribution < -0.4 is 9.47 Å². The largest absolute Gasteiger partial charge is 0.449 e. The second-order valence-corrected chi connectivity index (χ2v) is 15.9. The highest BCUT2D eigenvalue weighted by Gasteiger charge is 2.47. The first-order chi connectivity index (χ1) is 31.2. The predicted octanol–water partition coefficient (Wildman–Crippen LogP) is 14.5. The molecule has 0 saturated carbocycles. The van der Waals surface area contributed by atoms with Gasteiger partial charge < -0.3 is 9.47 Å². The highest BCUT2D eigenvalue weighted by Crippen LogP contribution is 2.59. The Balaban J connectivity index is 0.885. The van der Waals surface area contributed by atoms with Crippen molar-refractivity contribution in [3.63, 3.8) is 0 Å². The Kier molecular flexibility index (Phi) is 8.64. The fraction of sp³-hybridized carbons (Fsp3) is 0.0172. The van der Waals surface area contributed by atoms with E-state index in [0.29, 0.717) is 40.5 Å². The van der Waals surface area contributed by atoms with E-state index in [9.17, 15) is 0 Å². The number of hydrogen-bond donors (Lipinski definition) is 0. The molecule has 0 amide bonds. The van der Waals surface area contributed by atoms with Crippen LogP contribution in [-0.2, 0) is 5.41 Å². The van der Waals surface area contributed by atoms with Gasteiger partial charge in [-0.2, -0.15) is 0 Å². The Morgan fingerprint density at radius 2 is 0.667 bits per heavy atom. The monoisotopic (exact) mass is 807 g/mol. The summed E-state index contributed by atoms with van der Waals surface area (Å²) in [5, 5.41) is 0. The zero-order valence-corrected chi connectivity index (χ0v) is 34.0. The SMILES string of the molecule is c1ccc(-c2ccc(-c3nc(-c4ccccc4)nc(-c4ccc(-c5ccc6c(c5)Oc5cc7c(cc5O6)-c5ccccc5C7(c5ccccc5)c5ccccc5)cc4)n3)cc2)cc1. The summed E-state index contributed by atoms with van der Waals surface area (Å²) in [5.74, 6) is 4.57. The maximum absolute atomic E-state index is 6.81. The molecule has 1 aromatic heterocycles. The Hall–Kier alpha value is -8.41.